The quantitative estimate of drug-likeness (QED) is 0.162. The number of carbonyl (C=O) groups excluding carboxylic acids is 1. The van der Waals surface area contributed by atoms with Crippen LogP contribution in [0.2, 0.25) is 0 Å². The molecule has 15 heteroatoms. The Hall–Kier alpha value is 2.53. The van der Waals surface area contributed by atoms with Crippen molar-refractivity contribution in [2.24, 2.45) is 5.73 Å². The summed E-state index contributed by atoms with van der Waals surface area (Å²) in [6, 6.07) is 0. The van der Waals surface area contributed by atoms with Crippen molar-refractivity contribution < 1.29 is 110 Å². The van der Waals surface area contributed by atoms with Gasteiger partial charge in [-0.3, -0.25) is 15.2 Å². The van der Waals surface area contributed by atoms with Gasteiger partial charge in [0.2, 0.25) is 0 Å². The van der Waals surface area contributed by atoms with E-state index in [1.165, 1.54) is 7.05 Å². The molecule has 0 saturated heterocycles. The zero-order valence-corrected chi connectivity index (χ0v) is 19.3. The van der Waals surface area contributed by atoms with Crippen molar-refractivity contribution in [2.45, 2.75) is 0 Å². The number of nitrogens with one attached hydrogen (secondary N) is 1. The van der Waals surface area contributed by atoms with Crippen LogP contribution in [-0.4, -0.2) is 63.3 Å². The molecular formula is C4H13Cl3MgN3Na2O5P. The van der Waals surface area contributed by atoms with Crippen LogP contribution in [0.25, 0.3) is 0 Å². The summed E-state index contributed by atoms with van der Waals surface area (Å²) in [4.78, 5) is 28.0. The Labute approximate surface area is 193 Å². The van der Waals surface area contributed by atoms with Crippen LogP contribution in [0, 0.1) is 5.41 Å². The zero-order valence-electron chi connectivity index (χ0n) is 12.7. The molecule has 0 unspecified atom stereocenters. The Balaban J connectivity index is -0.0000000257. The fourth-order valence-corrected chi connectivity index (χ4v) is 0.763. The maximum Gasteiger partial charge on any atom is 2.00 e. The van der Waals surface area contributed by atoms with Crippen LogP contribution in [0.5, 0.6) is 0 Å². The second kappa shape index (κ2) is 20.5. The van der Waals surface area contributed by atoms with Gasteiger partial charge in [0.25, 0.3) is 0 Å². The summed E-state index contributed by atoms with van der Waals surface area (Å²) >= 11 is 0. The van der Waals surface area contributed by atoms with Gasteiger partial charge in [-0.2, -0.15) is 0 Å². The topological polar surface area (TPSA) is 137 Å². The zero-order chi connectivity index (χ0) is 10.6. The molecule has 104 valence electrons. The molecule has 0 aromatic heterocycles. The summed E-state index contributed by atoms with van der Waals surface area (Å²) in [5, 5.41) is 6.83. The van der Waals surface area contributed by atoms with Gasteiger partial charge in [-0.05, 0) is 0 Å². The van der Waals surface area contributed by atoms with Crippen molar-refractivity contribution in [3.8, 4) is 0 Å². The minimum absolute atomic E-state index is 0. The normalized spacial score (nSPS) is 7.32. The number of nitrogens with zero attached hydrogens (tertiary/aromatic N) is 1. The molecular weight excluding hydrogens is 378 g/mol. The molecule has 0 radical (unpaired) electrons. The number of guanidine groups is 1. The molecule has 0 aliphatic heterocycles. The molecule has 0 rings (SSSR count). The molecule has 0 aromatic rings. The first kappa shape index (κ1) is 43.0. The number of phosphoric acid groups is 1. The van der Waals surface area contributed by atoms with Crippen molar-refractivity contribution in [2.75, 3.05) is 13.6 Å². The van der Waals surface area contributed by atoms with E-state index in [0.29, 0.717) is 0 Å². The van der Waals surface area contributed by atoms with Crippen LogP contribution in [0.3, 0.4) is 0 Å². The monoisotopic (exact) mass is 389 g/mol. The van der Waals surface area contributed by atoms with Gasteiger partial charge in [0.1, 0.15) is 6.54 Å². The Morgan fingerprint density at radius 2 is 1.74 bits per heavy atom. The summed E-state index contributed by atoms with van der Waals surface area (Å²) in [6.45, 7) is -0.486. The van der Waals surface area contributed by atoms with E-state index in [1.54, 1.807) is 0 Å². The van der Waals surface area contributed by atoms with Crippen molar-refractivity contribution >= 4 is 55.2 Å². The van der Waals surface area contributed by atoms with Crippen molar-refractivity contribution in [3.63, 3.8) is 0 Å². The van der Waals surface area contributed by atoms with Gasteiger partial charge in [0.15, 0.2) is 5.96 Å². The third kappa shape index (κ3) is 29.2. The van der Waals surface area contributed by atoms with Gasteiger partial charge in [0.05, 0.1) is 0 Å². The Bertz CT molecular complexity index is 296. The van der Waals surface area contributed by atoms with Gasteiger partial charge in [0, 0.05) is 7.05 Å². The fourth-order valence-electron chi connectivity index (χ4n) is 0.440. The largest absolute Gasteiger partial charge is 2.00 e. The number of hydrogen-bond acceptors (Lipinski definition) is 4. The Morgan fingerprint density at radius 3 is 1.95 bits per heavy atom. The van der Waals surface area contributed by atoms with E-state index in [9.17, 15) is 9.36 Å². The Morgan fingerprint density at radius 1 is 1.42 bits per heavy atom. The van der Waals surface area contributed by atoms with Crippen molar-refractivity contribution in [3.05, 3.63) is 0 Å². The number of rotatable bonds is 3. The SMILES string of the molecule is CN(CC(=O)OP(=O)(O)O)C(=N)N.Cl.[Cl-].[Cl-].[H-].[H-].[Mg+2].[Na+].[Na+]. The number of likely N-dealkylation sites (N-methyl/N-ethyl adjacent to an activating group) is 1. The van der Waals surface area contributed by atoms with E-state index >= 15 is 0 Å². The van der Waals surface area contributed by atoms with Crippen LogP contribution < -0.4 is 89.7 Å². The number of halogens is 3. The van der Waals surface area contributed by atoms with E-state index in [0.717, 1.165) is 4.90 Å². The number of carbonyl (C=O) groups is 1. The summed E-state index contributed by atoms with van der Waals surface area (Å²) in [6.07, 6.45) is 0. The summed E-state index contributed by atoms with van der Waals surface area (Å²) in [7, 11) is -3.49. The third-order valence-electron chi connectivity index (χ3n) is 0.998. The maximum absolute atomic E-state index is 10.7. The van der Waals surface area contributed by atoms with Crippen LogP contribution in [-0.2, 0) is 13.9 Å². The summed E-state index contributed by atoms with van der Waals surface area (Å²) in [5.41, 5.74) is 4.96. The molecule has 0 bridgehead atoms. The van der Waals surface area contributed by atoms with Crippen LogP contribution in [0.1, 0.15) is 2.85 Å². The average molecular weight is 391 g/mol. The molecule has 0 aromatic carbocycles. The standard InChI is InChI=1S/C4H10N3O5P.3ClH.Mg.2Na.2H/c1-7(4(5)6)2-3(8)12-13(9,10)11;;;;;;;;/h2H2,1H3,(H3,5,6)(H2,9,10,11);3*1H;;;;;/q;;;;+2;2*+1;2*-1/p-2. The minimum Gasteiger partial charge on any atom is -1.00 e. The summed E-state index contributed by atoms with van der Waals surface area (Å²) < 4.78 is 13.8. The molecule has 0 heterocycles. The second-order valence-corrected chi connectivity index (χ2v) is 3.36. The van der Waals surface area contributed by atoms with Crippen LogP contribution in [0.15, 0.2) is 0 Å². The molecule has 5 N–H and O–H groups in total. The summed E-state index contributed by atoms with van der Waals surface area (Å²) in [5.74, 6) is -1.55. The molecule has 0 aliphatic rings. The van der Waals surface area contributed by atoms with Gasteiger partial charge >= 0.3 is 96.0 Å². The number of nitrogens with two attached hydrogens (primary N) is 1. The van der Waals surface area contributed by atoms with E-state index in [-0.39, 0.29) is 122 Å². The van der Waals surface area contributed by atoms with E-state index < -0.39 is 26.3 Å². The van der Waals surface area contributed by atoms with Gasteiger partial charge in [-0.25, -0.2) is 9.36 Å². The van der Waals surface area contributed by atoms with Gasteiger partial charge < -0.3 is 42.8 Å². The molecule has 0 spiro atoms. The molecule has 0 fully saturated rings. The number of hydrogen-bond donors (Lipinski definition) is 4. The van der Waals surface area contributed by atoms with Gasteiger partial charge in [-0.15, -0.1) is 12.4 Å². The Kier molecular flexibility index (Phi) is 46.4. The third-order valence-corrected chi connectivity index (χ3v) is 1.44. The maximum atomic E-state index is 10.7. The molecule has 0 atom stereocenters. The molecule has 19 heavy (non-hydrogen) atoms. The van der Waals surface area contributed by atoms with Crippen LogP contribution >= 0.6 is 20.2 Å². The van der Waals surface area contributed by atoms with Gasteiger partial charge in [-0.1, -0.05) is 0 Å². The second-order valence-electron chi connectivity index (χ2n) is 2.20. The van der Waals surface area contributed by atoms with E-state index in [1.807, 2.05) is 0 Å². The molecule has 8 nitrogen and oxygen atoms in total. The predicted octanol–water partition coefficient (Wildman–Crippen LogP) is -13.3. The molecule has 0 amide bonds. The first-order chi connectivity index (χ1) is 5.72. The first-order valence-corrected chi connectivity index (χ1v) is 4.58. The average Bonchev–Trinajstić information content (AvgIpc) is 1.81. The predicted molar refractivity (Wildman–Crippen MR) is 57.9 cm³/mol. The van der Waals surface area contributed by atoms with E-state index in [2.05, 4.69) is 4.52 Å². The smallest absolute Gasteiger partial charge is 1.00 e. The van der Waals surface area contributed by atoms with Crippen molar-refractivity contribution in [1.82, 2.24) is 4.90 Å². The molecule has 0 saturated carbocycles. The van der Waals surface area contributed by atoms with E-state index in [4.69, 9.17) is 20.9 Å². The van der Waals surface area contributed by atoms with Crippen molar-refractivity contribution in [1.29, 1.82) is 5.41 Å². The first-order valence-electron chi connectivity index (χ1n) is 3.05. The van der Waals surface area contributed by atoms with Crippen LogP contribution in [0.4, 0.5) is 0 Å². The fraction of sp³-hybridized carbons (Fsp3) is 0.500. The number of phosphoric ester groups is 1. The minimum atomic E-state index is -4.80. The molecule has 0 aliphatic carbocycles.